The van der Waals surface area contributed by atoms with Gasteiger partial charge >= 0.3 is 5.97 Å². The van der Waals surface area contributed by atoms with Crippen LogP contribution in [0.15, 0.2) is 24.3 Å². The summed E-state index contributed by atoms with van der Waals surface area (Å²) in [5, 5.41) is 3.30. The molecule has 1 aromatic rings. The van der Waals surface area contributed by atoms with Crippen molar-refractivity contribution in [3.05, 3.63) is 24.3 Å². The maximum Gasteiger partial charge on any atom is 0.328 e. The zero-order chi connectivity index (χ0) is 16.3. The molecule has 0 aliphatic carbocycles. The number of carbonyl (C=O) groups is 2. The van der Waals surface area contributed by atoms with Gasteiger partial charge in [-0.15, -0.1) is 0 Å². The molecule has 1 heterocycles. The maximum atomic E-state index is 12.9. The van der Waals surface area contributed by atoms with Crippen LogP contribution in [0.2, 0.25) is 0 Å². The van der Waals surface area contributed by atoms with Crippen LogP contribution in [0.4, 0.5) is 11.4 Å². The summed E-state index contributed by atoms with van der Waals surface area (Å²) in [4.78, 5) is 26.6. The van der Waals surface area contributed by atoms with Gasteiger partial charge in [0.1, 0.15) is 12.1 Å². The quantitative estimate of drug-likeness (QED) is 0.850. The fraction of sp³-hybridized carbons (Fsp3) is 0.529. The number of esters is 1. The second kappa shape index (κ2) is 6.81. The first-order chi connectivity index (χ1) is 10.5. The van der Waals surface area contributed by atoms with Gasteiger partial charge in [-0.1, -0.05) is 32.9 Å². The van der Waals surface area contributed by atoms with E-state index < -0.39 is 6.04 Å². The van der Waals surface area contributed by atoms with Gasteiger partial charge in [-0.2, -0.15) is 0 Å². The van der Waals surface area contributed by atoms with Crippen molar-refractivity contribution in [2.24, 2.45) is 5.92 Å². The van der Waals surface area contributed by atoms with Crippen molar-refractivity contribution >= 4 is 23.3 Å². The van der Waals surface area contributed by atoms with Gasteiger partial charge < -0.3 is 10.1 Å². The molecule has 0 aromatic heterocycles. The van der Waals surface area contributed by atoms with Crippen LogP contribution in [0.5, 0.6) is 0 Å². The minimum absolute atomic E-state index is 0.0651. The van der Waals surface area contributed by atoms with Crippen LogP contribution < -0.4 is 10.2 Å². The lowest BCUT2D eigenvalue weighted by atomic mass is 9.97. The molecule has 0 fully saturated rings. The van der Waals surface area contributed by atoms with Gasteiger partial charge in [0.25, 0.3) is 0 Å². The number of amides is 1. The monoisotopic (exact) mass is 304 g/mol. The summed E-state index contributed by atoms with van der Waals surface area (Å²) in [6.07, 6.45) is 1.24. The van der Waals surface area contributed by atoms with E-state index in [0.29, 0.717) is 12.3 Å². The Bertz CT molecular complexity index is 557. The van der Waals surface area contributed by atoms with Crippen LogP contribution in [0.25, 0.3) is 0 Å². The van der Waals surface area contributed by atoms with Gasteiger partial charge in [0.05, 0.1) is 18.5 Å². The number of nitrogens with one attached hydrogen (secondary N) is 1. The first-order valence-corrected chi connectivity index (χ1v) is 7.76. The summed E-state index contributed by atoms with van der Waals surface area (Å²) < 4.78 is 4.88. The predicted molar refractivity (Wildman–Crippen MR) is 86.9 cm³/mol. The van der Waals surface area contributed by atoms with Gasteiger partial charge in [-0.05, 0) is 30.9 Å². The molecule has 1 aliphatic heterocycles. The van der Waals surface area contributed by atoms with Gasteiger partial charge in [-0.3, -0.25) is 9.69 Å². The first-order valence-electron chi connectivity index (χ1n) is 7.76. The van der Waals surface area contributed by atoms with E-state index in [1.165, 1.54) is 7.11 Å². The van der Waals surface area contributed by atoms with E-state index in [0.717, 1.165) is 17.8 Å². The van der Waals surface area contributed by atoms with Crippen molar-refractivity contribution in [2.75, 3.05) is 17.3 Å². The van der Waals surface area contributed by atoms with Crippen LogP contribution in [0.1, 0.15) is 33.6 Å². The zero-order valence-electron chi connectivity index (χ0n) is 13.6. The van der Waals surface area contributed by atoms with E-state index in [-0.39, 0.29) is 17.9 Å². The average molecular weight is 304 g/mol. The lowest BCUT2D eigenvalue weighted by Gasteiger charge is -2.39. The zero-order valence-corrected chi connectivity index (χ0v) is 13.6. The molecule has 2 atom stereocenters. The molecule has 1 aliphatic rings. The number of rotatable bonds is 5. The largest absolute Gasteiger partial charge is 0.467 e. The highest BCUT2D eigenvalue weighted by molar-refractivity contribution is 6.08. The fourth-order valence-corrected chi connectivity index (χ4v) is 2.89. The number of ether oxygens (including phenoxy) is 1. The molecule has 0 saturated carbocycles. The summed E-state index contributed by atoms with van der Waals surface area (Å²) in [5.41, 5.74) is 1.62. The van der Waals surface area contributed by atoms with Gasteiger partial charge in [-0.25, -0.2) is 4.79 Å². The Morgan fingerprint density at radius 1 is 1.36 bits per heavy atom. The Morgan fingerprint density at radius 3 is 2.64 bits per heavy atom. The highest BCUT2D eigenvalue weighted by Crippen LogP contribution is 2.35. The molecule has 120 valence electrons. The number of carbonyl (C=O) groups excluding carboxylic acids is 2. The van der Waals surface area contributed by atoms with E-state index in [4.69, 9.17) is 4.74 Å². The predicted octanol–water partition coefficient (Wildman–Crippen LogP) is 2.81. The molecule has 1 N–H and O–H groups in total. The van der Waals surface area contributed by atoms with Crippen molar-refractivity contribution < 1.29 is 14.3 Å². The summed E-state index contributed by atoms with van der Waals surface area (Å²) in [7, 11) is 1.36. The van der Waals surface area contributed by atoms with Gasteiger partial charge in [0, 0.05) is 0 Å². The molecule has 2 unspecified atom stereocenters. The van der Waals surface area contributed by atoms with Crippen LogP contribution in [0, 0.1) is 5.92 Å². The average Bonchev–Trinajstić information content (AvgIpc) is 2.50. The minimum atomic E-state index is -0.588. The minimum Gasteiger partial charge on any atom is -0.467 e. The van der Waals surface area contributed by atoms with E-state index in [1.54, 1.807) is 4.90 Å². The van der Waals surface area contributed by atoms with Crippen molar-refractivity contribution in [1.82, 2.24) is 0 Å². The van der Waals surface area contributed by atoms with E-state index in [1.807, 2.05) is 31.2 Å². The normalized spacial score (nSPS) is 18.7. The third-order valence-corrected chi connectivity index (χ3v) is 3.91. The molecule has 0 spiro atoms. The third-order valence-electron chi connectivity index (χ3n) is 3.91. The number of nitrogens with zero attached hydrogens (tertiary/aromatic N) is 1. The second-order valence-corrected chi connectivity index (χ2v) is 6.00. The second-order valence-electron chi connectivity index (χ2n) is 6.00. The van der Waals surface area contributed by atoms with Crippen molar-refractivity contribution in [3.63, 3.8) is 0 Å². The highest BCUT2D eigenvalue weighted by atomic mass is 16.5. The van der Waals surface area contributed by atoms with Crippen LogP contribution >= 0.6 is 0 Å². The van der Waals surface area contributed by atoms with Gasteiger partial charge in [0.15, 0.2) is 0 Å². The van der Waals surface area contributed by atoms with E-state index >= 15 is 0 Å². The molecule has 5 heteroatoms. The summed E-state index contributed by atoms with van der Waals surface area (Å²) >= 11 is 0. The Balaban J connectivity index is 2.44. The smallest absolute Gasteiger partial charge is 0.328 e. The molecular weight excluding hydrogens is 280 g/mol. The Hall–Kier alpha value is -2.04. The maximum absolute atomic E-state index is 12.9. The van der Waals surface area contributed by atoms with E-state index in [2.05, 4.69) is 19.2 Å². The summed E-state index contributed by atoms with van der Waals surface area (Å²) in [5.74, 6) is -0.0627. The van der Waals surface area contributed by atoms with Crippen molar-refractivity contribution in [1.29, 1.82) is 0 Å². The SMILES string of the molecule is CCC(C(=O)OC)N1C(=O)C(CC(C)C)Nc2ccccc21. The molecule has 0 bridgehead atoms. The lowest BCUT2D eigenvalue weighted by Crippen LogP contribution is -2.54. The first kappa shape index (κ1) is 16.3. The summed E-state index contributed by atoms with van der Waals surface area (Å²) in [6, 6.07) is 6.69. The Labute approximate surface area is 131 Å². The fourth-order valence-electron chi connectivity index (χ4n) is 2.89. The molecule has 0 radical (unpaired) electrons. The topological polar surface area (TPSA) is 58.6 Å². The van der Waals surface area contributed by atoms with Crippen molar-refractivity contribution in [2.45, 2.75) is 45.7 Å². The lowest BCUT2D eigenvalue weighted by molar-refractivity contribution is -0.143. The number of hydrogen-bond acceptors (Lipinski definition) is 4. The van der Waals surface area contributed by atoms with Crippen LogP contribution in [-0.2, 0) is 14.3 Å². The molecule has 1 amide bonds. The molecule has 2 rings (SSSR count). The van der Waals surface area contributed by atoms with Gasteiger partial charge in [0.2, 0.25) is 5.91 Å². The number of fused-ring (bicyclic) bond motifs is 1. The van der Waals surface area contributed by atoms with E-state index in [9.17, 15) is 9.59 Å². The number of methoxy groups -OCH3 is 1. The Kier molecular flexibility index (Phi) is 5.06. The number of anilines is 2. The molecule has 1 aromatic carbocycles. The molecule has 5 nitrogen and oxygen atoms in total. The molecular formula is C17H24N2O3. The van der Waals surface area contributed by atoms with Crippen LogP contribution in [-0.4, -0.2) is 31.1 Å². The molecule has 22 heavy (non-hydrogen) atoms. The number of hydrogen-bond donors (Lipinski definition) is 1. The summed E-state index contributed by atoms with van der Waals surface area (Å²) in [6.45, 7) is 6.05. The Morgan fingerprint density at radius 2 is 2.05 bits per heavy atom. The molecule has 0 saturated heterocycles. The van der Waals surface area contributed by atoms with Crippen LogP contribution in [0.3, 0.4) is 0 Å². The number of benzene rings is 1. The standard InChI is InChI=1S/C17H24N2O3/c1-5-14(17(21)22-4)19-15-9-7-6-8-12(15)18-13(16(19)20)10-11(2)3/h6-9,11,13-14,18H,5,10H2,1-4H3. The third kappa shape index (κ3) is 3.08. The highest BCUT2D eigenvalue weighted by Gasteiger charge is 2.39. The van der Waals surface area contributed by atoms with Crippen molar-refractivity contribution in [3.8, 4) is 0 Å². The number of para-hydroxylation sites is 2.